The summed E-state index contributed by atoms with van der Waals surface area (Å²) >= 11 is 0. The standard InChI is InChI=1S/C13H19NO4S/c1-8-6-9(2)11(10(3)7-8)19(17,18)14-13(4,5)12(15)16/h6-7,14H,1-5H3,(H,15,16). The highest BCUT2D eigenvalue weighted by Gasteiger charge is 2.34. The molecule has 0 saturated heterocycles. The van der Waals surface area contributed by atoms with Gasteiger partial charge >= 0.3 is 5.97 Å². The van der Waals surface area contributed by atoms with E-state index in [1.54, 1.807) is 26.0 Å². The van der Waals surface area contributed by atoms with Crippen LogP contribution in [-0.4, -0.2) is 25.0 Å². The zero-order chi connectivity index (χ0) is 15.0. The second-order valence-electron chi connectivity index (χ2n) is 5.26. The maximum absolute atomic E-state index is 12.3. The summed E-state index contributed by atoms with van der Waals surface area (Å²) < 4.78 is 26.9. The van der Waals surface area contributed by atoms with Gasteiger partial charge in [-0.3, -0.25) is 4.79 Å². The molecule has 0 saturated carbocycles. The summed E-state index contributed by atoms with van der Waals surface area (Å²) in [4.78, 5) is 11.2. The molecule has 0 atom stereocenters. The van der Waals surface area contributed by atoms with Gasteiger partial charge in [0.2, 0.25) is 10.0 Å². The van der Waals surface area contributed by atoms with Crippen LogP contribution in [0.3, 0.4) is 0 Å². The summed E-state index contributed by atoms with van der Waals surface area (Å²) in [5, 5.41) is 9.01. The Hall–Kier alpha value is -1.40. The normalized spacial score (nSPS) is 12.5. The Bertz CT molecular complexity index is 595. The second kappa shape index (κ2) is 4.94. The Balaban J connectivity index is 3.34. The Morgan fingerprint density at radius 3 is 1.95 bits per heavy atom. The van der Waals surface area contributed by atoms with Crippen LogP contribution in [0.1, 0.15) is 30.5 Å². The van der Waals surface area contributed by atoms with Crippen LogP contribution in [0.2, 0.25) is 0 Å². The third-order valence-corrected chi connectivity index (χ3v) is 4.76. The molecule has 0 aliphatic carbocycles. The van der Waals surface area contributed by atoms with Crippen molar-refractivity contribution in [1.29, 1.82) is 0 Å². The van der Waals surface area contributed by atoms with Crippen molar-refractivity contribution in [3.63, 3.8) is 0 Å². The van der Waals surface area contributed by atoms with Crippen molar-refractivity contribution in [2.45, 2.75) is 45.1 Å². The van der Waals surface area contributed by atoms with Gasteiger partial charge in [-0.1, -0.05) is 17.7 Å². The minimum atomic E-state index is -3.87. The Morgan fingerprint density at radius 2 is 1.58 bits per heavy atom. The third kappa shape index (κ3) is 3.33. The molecule has 0 bridgehead atoms. The van der Waals surface area contributed by atoms with Gasteiger partial charge in [-0.25, -0.2) is 8.42 Å². The molecule has 0 aliphatic heterocycles. The van der Waals surface area contributed by atoms with Crippen LogP contribution in [0.4, 0.5) is 0 Å². The van der Waals surface area contributed by atoms with E-state index in [9.17, 15) is 13.2 Å². The molecule has 0 unspecified atom stereocenters. The van der Waals surface area contributed by atoms with Crippen molar-refractivity contribution in [2.75, 3.05) is 0 Å². The number of aryl methyl sites for hydroxylation is 3. The summed E-state index contributed by atoms with van der Waals surface area (Å²) in [7, 11) is -3.87. The molecule has 5 nitrogen and oxygen atoms in total. The van der Waals surface area contributed by atoms with E-state index in [-0.39, 0.29) is 4.90 Å². The second-order valence-corrected chi connectivity index (χ2v) is 6.88. The lowest BCUT2D eigenvalue weighted by Crippen LogP contribution is -2.49. The molecule has 2 N–H and O–H groups in total. The first kappa shape index (κ1) is 15.7. The first-order valence-electron chi connectivity index (χ1n) is 5.82. The average molecular weight is 285 g/mol. The molecule has 0 heterocycles. The van der Waals surface area contributed by atoms with E-state index in [4.69, 9.17) is 5.11 Å². The monoisotopic (exact) mass is 285 g/mol. The van der Waals surface area contributed by atoms with Gasteiger partial charge in [-0.15, -0.1) is 0 Å². The molecule has 1 rings (SSSR count). The number of nitrogens with one attached hydrogen (secondary N) is 1. The number of carbonyl (C=O) groups is 1. The molecular weight excluding hydrogens is 266 g/mol. The Labute approximate surface area is 113 Å². The predicted octanol–water partition coefficient (Wildman–Crippen LogP) is 1.75. The number of benzene rings is 1. The lowest BCUT2D eigenvalue weighted by molar-refractivity contribution is -0.142. The van der Waals surface area contributed by atoms with Crippen LogP contribution in [0.25, 0.3) is 0 Å². The molecular formula is C13H19NO4S. The van der Waals surface area contributed by atoms with Gasteiger partial charge in [0.05, 0.1) is 4.90 Å². The van der Waals surface area contributed by atoms with E-state index in [1.165, 1.54) is 13.8 Å². The highest BCUT2D eigenvalue weighted by atomic mass is 32.2. The predicted molar refractivity (Wildman–Crippen MR) is 72.7 cm³/mol. The maximum Gasteiger partial charge on any atom is 0.324 e. The molecule has 1 aromatic rings. The van der Waals surface area contributed by atoms with Gasteiger partial charge in [-0.05, 0) is 45.7 Å². The number of aliphatic carboxylic acids is 1. The SMILES string of the molecule is Cc1cc(C)c(S(=O)(=O)NC(C)(C)C(=O)O)c(C)c1. The molecule has 19 heavy (non-hydrogen) atoms. The summed E-state index contributed by atoms with van der Waals surface area (Å²) in [5.74, 6) is -1.22. The van der Waals surface area contributed by atoms with E-state index in [0.717, 1.165) is 5.56 Å². The van der Waals surface area contributed by atoms with Gasteiger partial charge in [-0.2, -0.15) is 4.72 Å². The number of hydrogen-bond donors (Lipinski definition) is 2. The zero-order valence-electron chi connectivity index (χ0n) is 11.7. The third-order valence-electron chi connectivity index (χ3n) is 2.80. The van der Waals surface area contributed by atoms with Gasteiger partial charge in [0.1, 0.15) is 5.54 Å². The van der Waals surface area contributed by atoms with Gasteiger partial charge in [0.25, 0.3) is 0 Å². The van der Waals surface area contributed by atoms with Crippen LogP contribution < -0.4 is 4.72 Å². The quantitative estimate of drug-likeness (QED) is 0.883. The van der Waals surface area contributed by atoms with E-state index >= 15 is 0 Å². The highest BCUT2D eigenvalue weighted by Crippen LogP contribution is 2.23. The van der Waals surface area contributed by atoms with Gasteiger partial charge in [0, 0.05) is 0 Å². The Kier molecular flexibility index (Phi) is 4.07. The van der Waals surface area contributed by atoms with Gasteiger partial charge in [0.15, 0.2) is 0 Å². The largest absolute Gasteiger partial charge is 0.480 e. The smallest absolute Gasteiger partial charge is 0.324 e. The van der Waals surface area contributed by atoms with E-state index < -0.39 is 21.5 Å². The van der Waals surface area contributed by atoms with E-state index in [1.807, 2.05) is 6.92 Å². The molecule has 0 aromatic heterocycles. The topological polar surface area (TPSA) is 83.5 Å². The van der Waals surface area contributed by atoms with Crippen LogP contribution in [0.5, 0.6) is 0 Å². The first-order chi connectivity index (χ1) is 8.47. The lowest BCUT2D eigenvalue weighted by atomic mass is 10.1. The molecule has 0 spiro atoms. The fourth-order valence-electron chi connectivity index (χ4n) is 2.02. The van der Waals surface area contributed by atoms with Crippen LogP contribution in [0.15, 0.2) is 17.0 Å². The zero-order valence-corrected chi connectivity index (χ0v) is 12.6. The van der Waals surface area contributed by atoms with E-state index in [2.05, 4.69) is 4.72 Å². The summed E-state index contributed by atoms with van der Waals surface area (Å²) in [6.45, 7) is 7.90. The number of carboxylic acids is 1. The fourth-order valence-corrected chi connectivity index (χ4v) is 3.85. The van der Waals surface area contributed by atoms with Crippen LogP contribution in [-0.2, 0) is 14.8 Å². The van der Waals surface area contributed by atoms with Crippen molar-refractivity contribution in [2.24, 2.45) is 0 Å². The van der Waals surface area contributed by atoms with Crippen LogP contribution >= 0.6 is 0 Å². The van der Waals surface area contributed by atoms with Crippen molar-refractivity contribution < 1.29 is 18.3 Å². The van der Waals surface area contributed by atoms with Crippen molar-refractivity contribution >= 4 is 16.0 Å². The minimum absolute atomic E-state index is 0.146. The molecule has 0 radical (unpaired) electrons. The molecule has 6 heteroatoms. The highest BCUT2D eigenvalue weighted by molar-refractivity contribution is 7.89. The average Bonchev–Trinajstić information content (AvgIpc) is 2.12. The number of hydrogen-bond acceptors (Lipinski definition) is 3. The lowest BCUT2D eigenvalue weighted by Gasteiger charge is -2.22. The number of sulfonamides is 1. The number of rotatable bonds is 4. The maximum atomic E-state index is 12.3. The summed E-state index contributed by atoms with van der Waals surface area (Å²) in [6.07, 6.45) is 0. The van der Waals surface area contributed by atoms with Crippen molar-refractivity contribution in [3.05, 3.63) is 28.8 Å². The van der Waals surface area contributed by atoms with Crippen molar-refractivity contribution in [3.8, 4) is 0 Å². The molecule has 0 amide bonds. The Morgan fingerprint density at radius 1 is 1.16 bits per heavy atom. The first-order valence-corrected chi connectivity index (χ1v) is 7.31. The molecule has 0 aliphatic rings. The molecule has 0 fully saturated rings. The summed E-state index contributed by atoms with van der Waals surface area (Å²) in [5.41, 5.74) is 0.617. The molecule has 106 valence electrons. The molecule has 1 aromatic carbocycles. The minimum Gasteiger partial charge on any atom is -0.480 e. The fraction of sp³-hybridized carbons (Fsp3) is 0.462. The van der Waals surface area contributed by atoms with Crippen molar-refractivity contribution in [1.82, 2.24) is 4.72 Å². The van der Waals surface area contributed by atoms with Gasteiger partial charge < -0.3 is 5.11 Å². The van der Waals surface area contributed by atoms with E-state index in [0.29, 0.717) is 11.1 Å². The van der Waals surface area contributed by atoms with Crippen LogP contribution in [0, 0.1) is 20.8 Å². The number of carboxylic acid groups (broad SMARTS) is 1. The summed E-state index contributed by atoms with van der Waals surface area (Å²) in [6, 6.07) is 3.52.